The number of alkyl halides is 3. The van der Waals surface area contributed by atoms with E-state index in [4.69, 9.17) is 10.2 Å². The Labute approximate surface area is 110 Å². The molecule has 0 bridgehead atoms. The van der Waals surface area contributed by atoms with Crippen LogP contribution >= 0.6 is 0 Å². The summed E-state index contributed by atoms with van der Waals surface area (Å²) in [7, 11) is 0. The van der Waals surface area contributed by atoms with Gasteiger partial charge in [0.15, 0.2) is 0 Å². The minimum Gasteiger partial charge on any atom is -0.481 e. The van der Waals surface area contributed by atoms with Crippen molar-refractivity contribution in [2.75, 3.05) is 0 Å². The molecule has 0 unspecified atom stereocenters. The van der Waals surface area contributed by atoms with E-state index in [9.17, 15) is 22.8 Å². The molecular formula is C12H9F3O5. The number of rotatable bonds is 5. The van der Waals surface area contributed by atoms with Gasteiger partial charge in [0.2, 0.25) is 0 Å². The Hall–Kier alpha value is -2.51. The fourth-order valence-corrected chi connectivity index (χ4v) is 1.32. The van der Waals surface area contributed by atoms with Gasteiger partial charge in [-0.15, -0.1) is 13.2 Å². The van der Waals surface area contributed by atoms with Gasteiger partial charge in [-0.2, -0.15) is 0 Å². The average molecular weight is 290 g/mol. The van der Waals surface area contributed by atoms with Gasteiger partial charge < -0.3 is 14.9 Å². The molecule has 0 aromatic heterocycles. The molecule has 0 amide bonds. The molecule has 0 radical (unpaired) electrons. The van der Waals surface area contributed by atoms with Gasteiger partial charge in [0, 0.05) is 0 Å². The summed E-state index contributed by atoms with van der Waals surface area (Å²) >= 11 is 0. The third-order valence-corrected chi connectivity index (χ3v) is 2.06. The molecule has 0 saturated heterocycles. The number of aromatic carboxylic acids is 1. The summed E-state index contributed by atoms with van der Waals surface area (Å²) in [4.78, 5) is 21.1. The van der Waals surface area contributed by atoms with Gasteiger partial charge >= 0.3 is 18.3 Å². The second-order valence-electron chi connectivity index (χ2n) is 3.61. The van der Waals surface area contributed by atoms with Crippen LogP contribution in [-0.4, -0.2) is 28.5 Å². The van der Waals surface area contributed by atoms with Crippen LogP contribution in [0.15, 0.2) is 24.3 Å². The van der Waals surface area contributed by atoms with Crippen LogP contribution in [0.25, 0.3) is 6.08 Å². The summed E-state index contributed by atoms with van der Waals surface area (Å²) in [5.74, 6) is -3.53. The summed E-state index contributed by atoms with van der Waals surface area (Å²) in [6, 6.07) is 3.06. The van der Waals surface area contributed by atoms with Gasteiger partial charge in [-0.05, 0) is 17.7 Å². The molecule has 1 aromatic carbocycles. The Bertz CT molecular complexity index is 549. The third kappa shape index (κ3) is 5.01. The van der Waals surface area contributed by atoms with Crippen molar-refractivity contribution < 1.29 is 37.7 Å². The first-order chi connectivity index (χ1) is 9.19. The number of carboxylic acids is 2. The molecule has 0 spiro atoms. The SMILES string of the molecule is O=C(O)CC=Cc1ccc(C(=O)O)c(OC(F)(F)F)c1. The number of carbonyl (C=O) groups is 2. The highest BCUT2D eigenvalue weighted by Gasteiger charge is 2.33. The Morgan fingerprint density at radius 1 is 1.25 bits per heavy atom. The summed E-state index contributed by atoms with van der Waals surface area (Å²) < 4.78 is 40.1. The maximum atomic E-state index is 12.2. The lowest BCUT2D eigenvalue weighted by molar-refractivity contribution is -0.274. The number of hydrogen-bond acceptors (Lipinski definition) is 3. The van der Waals surface area contributed by atoms with Crippen molar-refractivity contribution in [2.45, 2.75) is 12.8 Å². The monoisotopic (exact) mass is 290 g/mol. The molecule has 0 aliphatic rings. The maximum absolute atomic E-state index is 12.2. The summed E-state index contributed by atoms with van der Waals surface area (Å²) in [6.07, 6.45) is -2.86. The number of hydrogen-bond donors (Lipinski definition) is 2. The number of halogens is 3. The Morgan fingerprint density at radius 3 is 2.40 bits per heavy atom. The van der Waals surface area contributed by atoms with Gasteiger partial charge in [0.05, 0.1) is 6.42 Å². The van der Waals surface area contributed by atoms with Crippen molar-refractivity contribution in [3.63, 3.8) is 0 Å². The second-order valence-corrected chi connectivity index (χ2v) is 3.61. The molecule has 0 aliphatic heterocycles. The quantitative estimate of drug-likeness (QED) is 0.871. The van der Waals surface area contributed by atoms with Crippen LogP contribution in [0.4, 0.5) is 13.2 Å². The van der Waals surface area contributed by atoms with Crippen LogP contribution in [0, 0.1) is 0 Å². The fraction of sp³-hybridized carbons (Fsp3) is 0.167. The van der Waals surface area contributed by atoms with E-state index in [1.165, 1.54) is 18.2 Å². The summed E-state index contributed by atoms with van der Waals surface area (Å²) in [5.41, 5.74) is -0.451. The summed E-state index contributed by atoms with van der Waals surface area (Å²) in [5, 5.41) is 17.2. The highest BCUT2D eigenvalue weighted by atomic mass is 19.4. The van der Waals surface area contributed by atoms with Crippen LogP contribution in [0.3, 0.4) is 0 Å². The first kappa shape index (κ1) is 15.5. The van der Waals surface area contributed by atoms with Crippen LogP contribution in [0.1, 0.15) is 22.3 Å². The minimum atomic E-state index is -5.02. The lowest BCUT2D eigenvalue weighted by atomic mass is 10.1. The van der Waals surface area contributed by atoms with E-state index in [0.29, 0.717) is 0 Å². The van der Waals surface area contributed by atoms with Crippen molar-refractivity contribution in [1.29, 1.82) is 0 Å². The van der Waals surface area contributed by atoms with E-state index < -0.39 is 29.6 Å². The first-order valence-electron chi connectivity index (χ1n) is 5.20. The number of ether oxygens (including phenoxy) is 1. The van der Waals surface area contributed by atoms with Crippen molar-refractivity contribution >= 4 is 18.0 Å². The number of carboxylic acid groups (broad SMARTS) is 2. The molecular weight excluding hydrogens is 281 g/mol. The van der Waals surface area contributed by atoms with E-state index in [1.54, 1.807) is 0 Å². The van der Waals surface area contributed by atoms with Crippen LogP contribution < -0.4 is 4.74 Å². The molecule has 0 atom stereocenters. The van der Waals surface area contributed by atoms with E-state index in [2.05, 4.69) is 4.74 Å². The smallest absolute Gasteiger partial charge is 0.481 e. The van der Waals surface area contributed by atoms with Gasteiger partial charge in [-0.25, -0.2) is 4.79 Å². The fourth-order valence-electron chi connectivity index (χ4n) is 1.32. The van der Waals surface area contributed by atoms with Crippen LogP contribution in [-0.2, 0) is 4.79 Å². The molecule has 0 saturated carbocycles. The zero-order chi connectivity index (χ0) is 15.3. The molecule has 0 aliphatic carbocycles. The molecule has 2 N–H and O–H groups in total. The largest absolute Gasteiger partial charge is 0.573 e. The predicted octanol–water partition coefficient (Wildman–Crippen LogP) is 2.77. The predicted molar refractivity (Wildman–Crippen MR) is 61.4 cm³/mol. The number of aliphatic carboxylic acids is 1. The summed E-state index contributed by atoms with van der Waals surface area (Å²) in [6.45, 7) is 0. The van der Waals surface area contributed by atoms with Crippen LogP contribution in [0.2, 0.25) is 0 Å². The highest BCUT2D eigenvalue weighted by molar-refractivity contribution is 5.91. The highest BCUT2D eigenvalue weighted by Crippen LogP contribution is 2.28. The first-order valence-corrected chi connectivity index (χ1v) is 5.20. The average Bonchev–Trinajstić information content (AvgIpc) is 2.25. The van der Waals surface area contributed by atoms with Gasteiger partial charge in [0.1, 0.15) is 11.3 Å². The lowest BCUT2D eigenvalue weighted by Crippen LogP contribution is -2.19. The molecule has 0 heterocycles. The Morgan fingerprint density at radius 2 is 1.90 bits per heavy atom. The zero-order valence-corrected chi connectivity index (χ0v) is 9.85. The van der Waals surface area contributed by atoms with Crippen molar-refractivity contribution in [1.82, 2.24) is 0 Å². The van der Waals surface area contributed by atoms with Crippen LogP contribution in [0.5, 0.6) is 5.75 Å². The maximum Gasteiger partial charge on any atom is 0.573 e. The molecule has 0 fully saturated rings. The third-order valence-electron chi connectivity index (χ3n) is 2.06. The van der Waals surface area contributed by atoms with Gasteiger partial charge in [-0.1, -0.05) is 18.2 Å². The van der Waals surface area contributed by atoms with Crippen molar-refractivity contribution in [3.8, 4) is 5.75 Å². The molecule has 8 heteroatoms. The zero-order valence-electron chi connectivity index (χ0n) is 9.85. The van der Waals surface area contributed by atoms with Crippen molar-refractivity contribution in [2.24, 2.45) is 0 Å². The Kier molecular flexibility index (Phi) is 4.73. The molecule has 20 heavy (non-hydrogen) atoms. The Balaban J connectivity index is 3.07. The van der Waals surface area contributed by atoms with Crippen molar-refractivity contribution in [3.05, 3.63) is 35.4 Å². The normalized spacial score (nSPS) is 11.6. The number of benzene rings is 1. The standard InChI is InChI=1S/C12H9F3O5/c13-12(14,15)20-9-6-7(2-1-3-10(16)17)4-5-8(9)11(18)19/h1-2,4-6H,3H2,(H,16,17)(H,18,19). The minimum absolute atomic E-state index is 0.190. The molecule has 5 nitrogen and oxygen atoms in total. The van der Waals surface area contributed by atoms with Gasteiger partial charge in [0.25, 0.3) is 0 Å². The molecule has 1 aromatic rings. The molecule has 1 rings (SSSR count). The van der Waals surface area contributed by atoms with E-state index in [0.717, 1.165) is 12.1 Å². The second kappa shape index (κ2) is 6.09. The lowest BCUT2D eigenvalue weighted by Gasteiger charge is -2.11. The van der Waals surface area contributed by atoms with E-state index in [-0.39, 0.29) is 12.0 Å². The van der Waals surface area contributed by atoms with Gasteiger partial charge in [-0.3, -0.25) is 4.79 Å². The van der Waals surface area contributed by atoms with E-state index >= 15 is 0 Å². The molecule has 108 valence electrons. The topological polar surface area (TPSA) is 83.8 Å². The van der Waals surface area contributed by atoms with E-state index in [1.807, 2.05) is 0 Å².